The number of oxazole rings is 1. The highest BCUT2D eigenvalue weighted by Crippen LogP contribution is 2.28. The van der Waals surface area contributed by atoms with E-state index < -0.39 is 0 Å². The van der Waals surface area contributed by atoms with Gasteiger partial charge in [0.1, 0.15) is 12.0 Å². The maximum absolute atomic E-state index is 6.11. The largest absolute Gasteiger partial charge is 0.469 e. The SMILES string of the molecule is Cc1occc1-c1nnc(SCc2coc(-c3cccc(Cl)c3)n2)n1N. The molecule has 9 heteroatoms. The summed E-state index contributed by atoms with van der Waals surface area (Å²) in [6, 6.07) is 9.17. The van der Waals surface area contributed by atoms with Gasteiger partial charge in [-0.1, -0.05) is 29.4 Å². The minimum Gasteiger partial charge on any atom is -0.469 e. The Morgan fingerprint density at radius 1 is 1.23 bits per heavy atom. The van der Waals surface area contributed by atoms with Crippen molar-refractivity contribution in [1.82, 2.24) is 19.9 Å². The van der Waals surface area contributed by atoms with Gasteiger partial charge in [-0.05, 0) is 31.2 Å². The molecule has 2 N–H and O–H groups in total. The number of hydrogen-bond donors (Lipinski definition) is 1. The maximum atomic E-state index is 6.11. The van der Waals surface area contributed by atoms with E-state index in [0.29, 0.717) is 27.6 Å². The number of nitrogens with zero attached hydrogens (tertiary/aromatic N) is 4. The second kappa shape index (κ2) is 6.89. The normalized spacial score (nSPS) is 11.2. The molecule has 0 bridgehead atoms. The number of aryl methyl sites for hydroxylation is 1. The van der Waals surface area contributed by atoms with Gasteiger partial charge < -0.3 is 14.7 Å². The Balaban J connectivity index is 1.49. The number of rotatable bonds is 5. The maximum Gasteiger partial charge on any atom is 0.226 e. The minimum atomic E-state index is 0.520. The molecular formula is C17H14ClN5O2S. The summed E-state index contributed by atoms with van der Waals surface area (Å²) in [7, 11) is 0. The van der Waals surface area contributed by atoms with E-state index in [0.717, 1.165) is 22.6 Å². The molecule has 4 rings (SSSR count). The molecule has 4 aromatic rings. The number of aromatic nitrogens is 4. The van der Waals surface area contributed by atoms with Gasteiger partial charge in [0.15, 0.2) is 5.82 Å². The van der Waals surface area contributed by atoms with Gasteiger partial charge in [-0.15, -0.1) is 10.2 Å². The molecule has 0 saturated heterocycles. The summed E-state index contributed by atoms with van der Waals surface area (Å²) in [4.78, 5) is 4.48. The van der Waals surface area contributed by atoms with Crippen molar-refractivity contribution in [3.05, 3.63) is 59.3 Å². The van der Waals surface area contributed by atoms with Gasteiger partial charge in [-0.25, -0.2) is 9.66 Å². The first-order valence-corrected chi connectivity index (χ1v) is 9.06. The summed E-state index contributed by atoms with van der Waals surface area (Å²) < 4.78 is 12.3. The van der Waals surface area contributed by atoms with Gasteiger partial charge in [0.05, 0.1) is 17.5 Å². The van der Waals surface area contributed by atoms with Crippen molar-refractivity contribution in [1.29, 1.82) is 0 Å². The van der Waals surface area contributed by atoms with Crippen LogP contribution in [0.1, 0.15) is 11.5 Å². The van der Waals surface area contributed by atoms with Crippen LogP contribution >= 0.6 is 23.4 Å². The van der Waals surface area contributed by atoms with Gasteiger partial charge in [0.2, 0.25) is 11.0 Å². The van der Waals surface area contributed by atoms with Crippen molar-refractivity contribution >= 4 is 23.4 Å². The summed E-state index contributed by atoms with van der Waals surface area (Å²) >= 11 is 7.42. The lowest BCUT2D eigenvalue weighted by molar-refractivity contribution is 0.535. The number of halogens is 1. The van der Waals surface area contributed by atoms with E-state index in [4.69, 9.17) is 26.3 Å². The molecule has 0 spiro atoms. The van der Waals surface area contributed by atoms with Crippen molar-refractivity contribution in [2.75, 3.05) is 5.84 Å². The lowest BCUT2D eigenvalue weighted by Crippen LogP contribution is -2.11. The molecule has 0 fully saturated rings. The Hall–Kier alpha value is -2.71. The standard InChI is InChI=1S/C17H14ClN5O2S/c1-10-14(5-6-24-10)15-21-22-17(23(15)19)26-9-13-8-25-16(20-13)11-3-2-4-12(18)7-11/h2-8H,9,19H2,1H3. The van der Waals surface area contributed by atoms with Crippen LogP contribution in [0, 0.1) is 6.92 Å². The molecule has 0 aliphatic rings. The molecular weight excluding hydrogens is 374 g/mol. The second-order valence-corrected chi connectivity index (χ2v) is 6.89. The van der Waals surface area contributed by atoms with Gasteiger partial charge in [0, 0.05) is 16.3 Å². The smallest absolute Gasteiger partial charge is 0.226 e. The average molecular weight is 388 g/mol. The Labute approximate surface area is 158 Å². The number of nitrogens with two attached hydrogens (primary N) is 1. The van der Waals surface area contributed by atoms with Crippen molar-refractivity contribution in [3.8, 4) is 22.8 Å². The van der Waals surface area contributed by atoms with Crippen LogP contribution in [-0.2, 0) is 5.75 Å². The highest BCUT2D eigenvalue weighted by atomic mass is 35.5. The van der Waals surface area contributed by atoms with Crippen LogP contribution in [0.5, 0.6) is 0 Å². The Morgan fingerprint density at radius 2 is 2.12 bits per heavy atom. The van der Waals surface area contributed by atoms with Gasteiger partial charge in [-0.2, -0.15) is 0 Å². The fourth-order valence-corrected chi connectivity index (χ4v) is 3.37. The molecule has 0 saturated carbocycles. The lowest BCUT2D eigenvalue weighted by atomic mass is 10.2. The second-order valence-electron chi connectivity index (χ2n) is 5.51. The summed E-state index contributed by atoms with van der Waals surface area (Å²) in [6.07, 6.45) is 3.21. The van der Waals surface area contributed by atoms with E-state index in [1.807, 2.05) is 25.1 Å². The Morgan fingerprint density at radius 3 is 2.88 bits per heavy atom. The molecule has 0 aliphatic carbocycles. The molecule has 1 aromatic carbocycles. The topological polar surface area (TPSA) is 95.9 Å². The third-order valence-electron chi connectivity index (χ3n) is 3.74. The molecule has 7 nitrogen and oxygen atoms in total. The van der Waals surface area contributed by atoms with Gasteiger partial charge in [0.25, 0.3) is 0 Å². The first-order valence-electron chi connectivity index (χ1n) is 7.70. The van der Waals surface area contributed by atoms with E-state index in [9.17, 15) is 0 Å². The molecule has 3 aromatic heterocycles. The predicted octanol–water partition coefficient (Wildman–Crippen LogP) is 4.16. The van der Waals surface area contributed by atoms with Gasteiger partial charge >= 0.3 is 0 Å². The van der Waals surface area contributed by atoms with Crippen molar-refractivity contribution < 1.29 is 8.83 Å². The highest BCUT2D eigenvalue weighted by molar-refractivity contribution is 7.98. The van der Waals surface area contributed by atoms with E-state index >= 15 is 0 Å². The van der Waals surface area contributed by atoms with Crippen LogP contribution in [0.4, 0.5) is 0 Å². The van der Waals surface area contributed by atoms with E-state index in [1.54, 1.807) is 24.7 Å². The number of hydrogen-bond acceptors (Lipinski definition) is 7. The zero-order valence-electron chi connectivity index (χ0n) is 13.7. The van der Waals surface area contributed by atoms with Crippen molar-refractivity contribution in [2.45, 2.75) is 17.8 Å². The van der Waals surface area contributed by atoms with E-state index in [2.05, 4.69) is 15.2 Å². The van der Waals surface area contributed by atoms with E-state index in [-0.39, 0.29) is 0 Å². The molecule has 0 amide bonds. The van der Waals surface area contributed by atoms with Crippen LogP contribution in [0.25, 0.3) is 22.8 Å². The lowest BCUT2D eigenvalue weighted by Gasteiger charge is -2.01. The molecule has 26 heavy (non-hydrogen) atoms. The number of thioether (sulfide) groups is 1. The number of benzene rings is 1. The first-order chi connectivity index (χ1) is 12.6. The van der Waals surface area contributed by atoms with Crippen LogP contribution in [0.15, 0.2) is 56.8 Å². The zero-order valence-corrected chi connectivity index (χ0v) is 15.3. The molecule has 0 unspecified atom stereocenters. The minimum absolute atomic E-state index is 0.520. The predicted molar refractivity (Wildman–Crippen MR) is 99.1 cm³/mol. The zero-order chi connectivity index (χ0) is 18.1. The van der Waals surface area contributed by atoms with E-state index in [1.165, 1.54) is 16.4 Å². The Bertz CT molecular complexity index is 1060. The van der Waals surface area contributed by atoms with Crippen LogP contribution in [0.3, 0.4) is 0 Å². The summed E-state index contributed by atoms with van der Waals surface area (Å²) in [5, 5.41) is 9.49. The summed E-state index contributed by atoms with van der Waals surface area (Å²) in [6.45, 7) is 1.85. The Kier molecular flexibility index (Phi) is 4.44. The van der Waals surface area contributed by atoms with Crippen molar-refractivity contribution in [2.24, 2.45) is 0 Å². The molecule has 0 aliphatic heterocycles. The molecule has 3 heterocycles. The summed E-state index contributed by atoms with van der Waals surface area (Å²) in [5.74, 6) is 8.47. The third-order valence-corrected chi connectivity index (χ3v) is 4.95. The number of furan rings is 1. The molecule has 0 atom stereocenters. The number of nitrogen functional groups attached to an aromatic ring is 1. The third kappa shape index (κ3) is 3.21. The summed E-state index contributed by atoms with van der Waals surface area (Å²) in [5.41, 5.74) is 2.42. The fraction of sp³-hybridized carbons (Fsp3) is 0.118. The fourth-order valence-electron chi connectivity index (χ4n) is 2.44. The van der Waals surface area contributed by atoms with Gasteiger partial charge in [-0.3, -0.25) is 0 Å². The van der Waals surface area contributed by atoms with Crippen LogP contribution in [-0.4, -0.2) is 19.9 Å². The average Bonchev–Trinajstić information content (AvgIpc) is 3.34. The quantitative estimate of drug-likeness (QED) is 0.405. The van der Waals surface area contributed by atoms with Crippen LogP contribution in [0.2, 0.25) is 5.02 Å². The van der Waals surface area contributed by atoms with Crippen LogP contribution < -0.4 is 5.84 Å². The monoisotopic (exact) mass is 387 g/mol. The molecule has 0 radical (unpaired) electrons. The molecule has 132 valence electrons. The van der Waals surface area contributed by atoms with Crippen molar-refractivity contribution in [3.63, 3.8) is 0 Å². The highest BCUT2D eigenvalue weighted by Gasteiger charge is 2.16. The first kappa shape index (κ1) is 16.7.